The molecule has 1 heterocycles. The first kappa shape index (κ1) is 16.4. The first-order valence-electron chi connectivity index (χ1n) is 6.20. The lowest BCUT2D eigenvalue weighted by Crippen LogP contribution is -2.21. The van der Waals surface area contributed by atoms with Crippen LogP contribution in [0.25, 0.3) is 0 Å². The lowest BCUT2D eigenvalue weighted by Gasteiger charge is -2.06. The van der Waals surface area contributed by atoms with Crippen molar-refractivity contribution >= 4 is 5.97 Å². The van der Waals surface area contributed by atoms with Crippen molar-refractivity contribution in [1.29, 1.82) is 0 Å². The van der Waals surface area contributed by atoms with E-state index >= 15 is 0 Å². The molecule has 2 atom stereocenters. The molecule has 6 heteroatoms. The van der Waals surface area contributed by atoms with E-state index in [1.165, 1.54) is 26.4 Å². The Morgan fingerprint density at radius 2 is 2.00 bits per heavy atom. The van der Waals surface area contributed by atoms with Crippen LogP contribution in [0.4, 0.5) is 8.78 Å². The number of hydrogen-bond donors (Lipinski definition) is 0. The second kappa shape index (κ2) is 7.79. The minimum Gasteiger partial charge on any atom is -0.494 e. The Balaban J connectivity index is 0.000000200. The van der Waals surface area contributed by atoms with E-state index in [1.54, 1.807) is 0 Å². The van der Waals surface area contributed by atoms with E-state index < -0.39 is 11.6 Å². The summed E-state index contributed by atoms with van der Waals surface area (Å²) in [7, 11) is 2.67. The van der Waals surface area contributed by atoms with Gasteiger partial charge in [0.05, 0.1) is 20.3 Å². The first-order chi connectivity index (χ1) is 9.49. The van der Waals surface area contributed by atoms with Crippen LogP contribution in [0, 0.1) is 11.6 Å². The summed E-state index contributed by atoms with van der Waals surface area (Å²) in [5.41, 5.74) is 0. The van der Waals surface area contributed by atoms with Crippen molar-refractivity contribution in [1.82, 2.24) is 0 Å². The minimum absolute atomic E-state index is 0.0694. The molecule has 1 aliphatic rings. The van der Waals surface area contributed by atoms with Crippen molar-refractivity contribution in [2.24, 2.45) is 0 Å². The van der Waals surface area contributed by atoms with Gasteiger partial charge in [-0.05, 0) is 31.9 Å². The van der Waals surface area contributed by atoms with Gasteiger partial charge in [0.2, 0.25) is 5.82 Å². The number of benzene rings is 1. The molecule has 2 rings (SSSR count). The highest BCUT2D eigenvalue weighted by atomic mass is 19.2. The quantitative estimate of drug-likeness (QED) is 0.785. The molecule has 0 aromatic heterocycles. The van der Waals surface area contributed by atoms with Crippen LogP contribution < -0.4 is 4.74 Å². The number of methoxy groups -OCH3 is 2. The molecule has 2 unspecified atom stereocenters. The molecule has 1 fully saturated rings. The van der Waals surface area contributed by atoms with Gasteiger partial charge in [0, 0.05) is 0 Å². The van der Waals surface area contributed by atoms with E-state index in [0.717, 1.165) is 18.9 Å². The fourth-order valence-electron chi connectivity index (χ4n) is 1.75. The van der Waals surface area contributed by atoms with Crippen molar-refractivity contribution in [2.45, 2.75) is 32.0 Å². The fraction of sp³-hybridized carbons (Fsp3) is 0.500. The second-order valence-electron chi connectivity index (χ2n) is 4.29. The average Bonchev–Trinajstić information content (AvgIpc) is 2.88. The maximum absolute atomic E-state index is 12.5. The van der Waals surface area contributed by atoms with Crippen molar-refractivity contribution in [3.8, 4) is 5.75 Å². The normalized spacial score (nSPS) is 20.9. The predicted molar refractivity (Wildman–Crippen MR) is 68.5 cm³/mol. The van der Waals surface area contributed by atoms with Crippen LogP contribution in [0.15, 0.2) is 18.2 Å². The molecule has 0 bridgehead atoms. The predicted octanol–water partition coefficient (Wildman–Crippen LogP) is 2.70. The number of carbonyl (C=O) groups is 1. The lowest BCUT2D eigenvalue weighted by molar-refractivity contribution is -0.152. The Hall–Kier alpha value is -1.69. The zero-order chi connectivity index (χ0) is 15.1. The highest BCUT2D eigenvalue weighted by Gasteiger charge is 2.28. The number of carbonyl (C=O) groups excluding carboxylic acids is 1. The van der Waals surface area contributed by atoms with E-state index in [-0.39, 0.29) is 23.9 Å². The smallest absolute Gasteiger partial charge is 0.334 e. The molecule has 1 saturated heterocycles. The molecule has 4 nitrogen and oxygen atoms in total. The van der Waals surface area contributed by atoms with Gasteiger partial charge in [0.15, 0.2) is 17.7 Å². The Morgan fingerprint density at radius 3 is 2.45 bits per heavy atom. The maximum atomic E-state index is 12.5. The summed E-state index contributed by atoms with van der Waals surface area (Å²) in [6.45, 7) is 1.96. The molecule has 112 valence electrons. The van der Waals surface area contributed by atoms with Crippen LogP contribution in [0.2, 0.25) is 0 Å². The largest absolute Gasteiger partial charge is 0.494 e. The maximum Gasteiger partial charge on any atom is 0.334 e. The molecule has 20 heavy (non-hydrogen) atoms. The highest BCUT2D eigenvalue weighted by molar-refractivity contribution is 5.74. The zero-order valence-electron chi connectivity index (χ0n) is 11.7. The van der Waals surface area contributed by atoms with Crippen molar-refractivity contribution in [3.05, 3.63) is 29.8 Å². The Labute approximate surface area is 116 Å². The summed E-state index contributed by atoms with van der Waals surface area (Å²) >= 11 is 0. The average molecular weight is 288 g/mol. The summed E-state index contributed by atoms with van der Waals surface area (Å²) in [4.78, 5) is 10.8. The van der Waals surface area contributed by atoms with Crippen molar-refractivity contribution in [2.75, 3.05) is 14.2 Å². The number of halogens is 2. The minimum atomic E-state index is -0.940. The summed E-state index contributed by atoms with van der Waals surface area (Å²) < 4.78 is 39.1. The van der Waals surface area contributed by atoms with E-state index in [9.17, 15) is 13.6 Å². The van der Waals surface area contributed by atoms with Crippen LogP contribution in [0.1, 0.15) is 19.8 Å². The molecule has 0 amide bonds. The van der Waals surface area contributed by atoms with Crippen LogP contribution in [-0.2, 0) is 14.3 Å². The van der Waals surface area contributed by atoms with Gasteiger partial charge in [-0.25, -0.2) is 9.18 Å². The molecule has 0 spiro atoms. The molecule has 0 aliphatic carbocycles. The van der Waals surface area contributed by atoms with Gasteiger partial charge in [-0.15, -0.1) is 0 Å². The standard InChI is InChI=1S/C7H6F2O.C7H12O3/c1-10-6-4-2-3-5(8)7(6)9;1-5-3-4-6(10-5)7(8)9-2/h2-4H,1H3;5-6H,3-4H2,1-2H3. The highest BCUT2D eigenvalue weighted by Crippen LogP contribution is 2.19. The number of hydrogen-bond acceptors (Lipinski definition) is 4. The van der Waals surface area contributed by atoms with E-state index in [0.29, 0.717) is 0 Å². The molecule has 0 radical (unpaired) electrons. The van der Waals surface area contributed by atoms with Crippen LogP contribution >= 0.6 is 0 Å². The van der Waals surface area contributed by atoms with Crippen molar-refractivity contribution in [3.63, 3.8) is 0 Å². The Bertz CT molecular complexity index is 451. The fourth-order valence-corrected chi connectivity index (χ4v) is 1.75. The van der Waals surface area contributed by atoms with Gasteiger partial charge in [-0.2, -0.15) is 4.39 Å². The summed E-state index contributed by atoms with van der Waals surface area (Å²) in [5.74, 6) is -2.14. The topological polar surface area (TPSA) is 44.8 Å². The summed E-state index contributed by atoms with van der Waals surface area (Å²) in [6, 6.07) is 3.79. The van der Waals surface area contributed by atoms with Gasteiger partial charge in [0.1, 0.15) is 0 Å². The summed E-state index contributed by atoms with van der Waals surface area (Å²) in [6.07, 6.45) is 1.66. The monoisotopic (exact) mass is 288 g/mol. The van der Waals surface area contributed by atoms with Crippen LogP contribution in [0.5, 0.6) is 5.75 Å². The molecule has 1 aromatic rings. The lowest BCUT2D eigenvalue weighted by atomic mass is 10.2. The third-order valence-corrected chi connectivity index (χ3v) is 2.83. The van der Waals surface area contributed by atoms with Gasteiger partial charge in [-0.1, -0.05) is 6.07 Å². The number of esters is 1. The van der Waals surface area contributed by atoms with E-state index in [1.807, 2.05) is 6.92 Å². The van der Waals surface area contributed by atoms with Gasteiger partial charge in [-0.3, -0.25) is 0 Å². The molecule has 1 aromatic carbocycles. The molecular weight excluding hydrogens is 270 g/mol. The first-order valence-corrected chi connectivity index (χ1v) is 6.20. The summed E-state index contributed by atoms with van der Waals surface area (Å²) in [5, 5.41) is 0. The van der Waals surface area contributed by atoms with Gasteiger partial charge < -0.3 is 14.2 Å². The van der Waals surface area contributed by atoms with Gasteiger partial charge >= 0.3 is 5.97 Å². The van der Waals surface area contributed by atoms with E-state index in [4.69, 9.17) is 4.74 Å². The molecular formula is C14H18F2O4. The Morgan fingerprint density at radius 1 is 1.30 bits per heavy atom. The van der Waals surface area contributed by atoms with Gasteiger partial charge in [0.25, 0.3) is 0 Å². The molecule has 1 aliphatic heterocycles. The third-order valence-electron chi connectivity index (χ3n) is 2.83. The zero-order valence-corrected chi connectivity index (χ0v) is 11.7. The third kappa shape index (κ3) is 4.45. The Kier molecular flexibility index (Phi) is 6.38. The number of ether oxygens (including phenoxy) is 3. The molecule has 0 saturated carbocycles. The number of rotatable bonds is 2. The SMILES string of the molecule is COC(=O)C1CCC(C)O1.COc1cccc(F)c1F. The van der Waals surface area contributed by atoms with Crippen molar-refractivity contribution < 1.29 is 27.8 Å². The second-order valence-corrected chi connectivity index (χ2v) is 4.29. The van der Waals surface area contributed by atoms with Crippen LogP contribution in [0.3, 0.4) is 0 Å². The van der Waals surface area contributed by atoms with E-state index in [2.05, 4.69) is 9.47 Å². The molecule has 0 N–H and O–H groups in total. The van der Waals surface area contributed by atoms with Crippen LogP contribution in [-0.4, -0.2) is 32.4 Å².